The monoisotopic (exact) mass is 262 g/mol. The molecular weight excluding hydrogens is 252 g/mol. The molecule has 0 saturated heterocycles. The van der Waals surface area contributed by atoms with Gasteiger partial charge in [0.15, 0.2) is 0 Å². The van der Waals surface area contributed by atoms with Crippen molar-refractivity contribution in [2.24, 2.45) is 0 Å². The van der Waals surface area contributed by atoms with E-state index in [1.807, 2.05) is 12.1 Å². The van der Waals surface area contributed by atoms with E-state index in [2.05, 4.69) is 0 Å². The van der Waals surface area contributed by atoms with Crippen LogP contribution in [0.2, 0.25) is 0 Å². The average Bonchev–Trinajstić information content (AvgIpc) is 2.40. The van der Waals surface area contributed by atoms with Crippen molar-refractivity contribution in [1.29, 1.82) is 0 Å². The highest BCUT2D eigenvalue weighted by Crippen LogP contribution is 2.16. The second-order valence-electron chi connectivity index (χ2n) is 3.50. The number of carbonyl (C=O) groups excluding carboxylic acids is 1. The lowest BCUT2D eigenvalue weighted by molar-refractivity contribution is -0.129. The Labute approximate surface area is 110 Å². The van der Waals surface area contributed by atoms with Crippen LogP contribution in [0.1, 0.15) is 0 Å². The molecule has 0 atom stereocenters. The van der Waals surface area contributed by atoms with Gasteiger partial charge in [0.1, 0.15) is 11.5 Å². The first kappa shape index (κ1) is 12.5. The van der Waals surface area contributed by atoms with Crippen LogP contribution in [0.3, 0.4) is 0 Å². The van der Waals surface area contributed by atoms with Crippen molar-refractivity contribution >= 4 is 16.8 Å². The average molecular weight is 263 g/mol. The third kappa shape index (κ3) is 3.50. The Morgan fingerprint density at radius 2 is 1.22 bits per heavy atom. The summed E-state index contributed by atoms with van der Waals surface area (Å²) >= 11 is 5.45. The minimum atomic E-state index is -1.16. The first-order chi connectivity index (χ1) is 8.75. The van der Waals surface area contributed by atoms with Gasteiger partial charge in [-0.3, -0.25) is 4.79 Å². The van der Waals surface area contributed by atoms with Gasteiger partial charge in [-0.15, -0.1) is 0 Å². The van der Waals surface area contributed by atoms with Gasteiger partial charge in [0.2, 0.25) is 0 Å². The van der Waals surface area contributed by atoms with Crippen LogP contribution in [0, 0.1) is 0 Å². The van der Waals surface area contributed by atoms with E-state index in [9.17, 15) is 4.79 Å². The molecule has 0 N–H and O–H groups in total. The molecule has 0 amide bonds. The number of benzene rings is 2. The first-order valence-electron chi connectivity index (χ1n) is 5.38. The number of hydrogen-bond acceptors (Lipinski definition) is 3. The van der Waals surface area contributed by atoms with Crippen LogP contribution in [0.15, 0.2) is 60.7 Å². The highest BCUT2D eigenvalue weighted by Gasteiger charge is 2.20. The number of hydrogen-bond donors (Lipinski definition) is 0. The van der Waals surface area contributed by atoms with E-state index in [4.69, 9.17) is 21.1 Å². The van der Waals surface area contributed by atoms with Crippen LogP contribution in [0.25, 0.3) is 0 Å². The van der Waals surface area contributed by atoms with Crippen molar-refractivity contribution in [2.75, 3.05) is 0 Å². The van der Waals surface area contributed by atoms with Crippen LogP contribution >= 0.6 is 11.6 Å². The molecule has 0 aliphatic heterocycles. The van der Waals surface area contributed by atoms with Crippen molar-refractivity contribution in [3.63, 3.8) is 0 Å². The lowest BCUT2D eigenvalue weighted by atomic mass is 10.3. The van der Waals surface area contributed by atoms with Crippen molar-refractivity contribution in [2.45, 2.75) is 6.29 Å². The Kier molecular flexibility index (Phi) is 4.20. The summed E-state index contributed by atoms with van der Waals surface area (Å²) in [6, 6.07) is 17.8. The molecule has 3 nitrogen and oxygen atoms in total. The van der Waals surface area contributed by atoms with Gasteiger partial charge in [0.25, 0.3) is 0 Å². The molecule has 18 heavy (non-hydrogen) atoms. The quantitative estimate of drug-likeness (QED) is 0.613. The van der Waals surface area contributed by atoms with Gasteiger partial charge < -0.3 is 9.47 Å². The summed E-state index contributed by atoms with van der Waals surface area (Å²) in [4.78, 5) is 11.3. The molecule has 0 aliphatic carbocycles. The smallest absolute Gasteiger partial charge is 0.316 e. The molecule has 0 spiro atoms. The molecule has 0 fully saturated rings. The number of para-hydroxylation sites is 2. The zero-order chi connectivity index (χ0) is 12.8. The van der Waals surface area contributed by atoms with E-state index in [0.29, 0.717) is 11.5 Å². The normalized spacial score (nSPS) is 10.1. The standard InChI is InChI=1S/C14H11ClO3/c15-13(16)14(17-11-7-3-1-4-8-11)18-12-9-5-2-6-10-12/h1-10,14H. The van der Waals surface area contributed by atoms with Gasteiger partial charge >= 0.3 is 11.5 Å². The Balaban J connectivity index is 2.08. The Bertz CT molecular complexity index is 457. The van der Waals surface area contributed by atoms with E-state index in [1.165, 1.54) is 0 Å². The molecule has 2 aromatic carbocycles. The van der Waals surface area contributed by atoms with E-state index in [-0.39, 0.29) is 0 Å². The maximum Gasteiger partial charge on any atom is 0.316 e. The summed E-state index contributed by atoms with van der Waals surface area (Å²) < 4.78 is 10.8. The van der Waals surface area contributed by atoms with E-state index in [1.54, 1.807) is 48.5 Å². The van der Waals surface area contributed by atoms with Gasteiger partial charge in [-0.25, -0.2) is 0 Å². The van der Waals surface area contributed by atoms with Gasteiger partial charge in [-0.1, -0.05) is 36.4 Å². The Hall–Kier alpha value is -2.00. The van der Waals surface area contributed by atoms with Gasteiger partial charge in [-0.05, 0) is 35.9 Å². The molecule has 0 aromatic heterocycles. The number of rotatable bonds is 5. The largest absolute Gasteiger partial charge is 0.447 e. The topological polar surface area (TPSA) is 35.5 Å². The number of ether oxygens (including phenoxy) is 2. The minimum Gasteiger partial charge on any atom is -0.447 e. The molecule has 0 unspecified atom stereocenters. The van der Waals surface area contributed by atoms with E-state index in [0.717, 1.165) is 0 Å². The van der Waals surface area contributed by atoms with Crippen molar-refractivity contribution < 1.29 is 14.3 Å². The molecule has 0 saturated carbocycles. The molecule has 2 aromatic rings. The maximum absolute atomic E-state index is 11.3. The molecule has 0 bridgehead atoms. The van der Waals surface area contributed by atoms with Crippen molar-refractivity contribution in [3.8, 4) is 11.5 Å². The van der Waals surface area contributed by atoms with E-state index < -0.39 is 11.5 Å². The lowest BCUT2D eigenvalue weighted by Gasteiger charge is -2.16. The summed E-state index contributed by atoms with van der Waals surface area (Å²) in [5.74, 6) is 1.04. The van der Waals surface area contributed by atoms with Crippen LogP contribution in [-0.4, -0.2) is 11.5 Å². The summed E-state index contributed by atoms with van der Waals surface area (Å²) in [5, 5.41) is -0.706. The summed E-state index contributed by atoms with van der Waals surface area (Å²) in [6.07, 6.45) is -1.16. The van der Waals surface area contributed by atoms with Gasteiger partial charge in [-0.2, -0.15) is 0 Å². The first-order valence-corrected chi connectivity index (χ1v) is 5.76. The number of carbonyl (C=O) groups is 1. The molecule has 92 valence electrons. The van der Waals surface area contributed by atoms with Gasteiger partial charge in [0, 0.05) is 0 Å². The fourth-order valence-corrected chi connectivity index (χ4v) is 1.45. The van der Waals surface area contributed by atoms with Crippen LogP contribution in [0.5, 0.6) is 11.5 Å². The summed E-state index contributed by atoms with van der Waals surface area (Å²) in [5.41, 5.74) is 0. The summed E-state index contributed by atoms with van der Waals surface area (Å²) in [7, 11) is 0. The highest BCUT2D eigenvalue weighted by molar-refractivity contribution is 6.64. The molecule has 4 heteroatoms. The number of halogens is 1. The molecule has 0 heterocycles. The van der Waals surface area contributed by atoms with Crippen LogP contribution in [0.4, 0.5) is 0 Å². The van der Waals surface area contributed by atoms with E-state index >= 15 is 0 Å². The second kappa shape index (κ2) is 6.07. The van der Waals surface area contributed by atoms with Crippen LogP contribution < -0.4 is 9.47 Å². The van der Waals surface area contributed by atoms with Crippen molar-refractivity contribution in [1.82, 2.24) is 0 Å². The third-order valence-electron chi connectivity index (χ3n) is 2.16. The second-order valence-corrected chi connectivity index (χ2v) is 3.87. The molecular formula is C14H11ClO3. The summed E-state index contributed by atoms with van der Waals surface area (Å²) in [6.45, 7) is 0. The zero-order valence-corrected chi connectivity index (χ0v) is 10.2. The predicted molar refractivity (Wildman–Crippen MR) is 68.8 cm³/mol. The Morgan fingerprint density at radius 3 is 1.56 bits per heavy atom. The predicted octanol–water partition coefficient (Wildman–Crippen LogP) is 3.24. The molecule has 0 aliphatic rings. The van der Waals surface area contributed by atoms with Crippen LogP contribution in [-0.2, 0) is 4.79 Å². The third-order valence-corrected chi connectivity index (χ3v) is 2.34. The SMILES string of the molecule is O=C(Cl)C(Oc1ccccc1)Oc1ccccc1. The molecule has 0 radical (unpaired) electrons. The minimum absolute atomic E-state index is 0.521. The fourth-order valence-electron chi connectivity index (χ4n) is 1.36. The zero-order valence-electron chi connectivity index (χ0n) is 9.45. The van der Waals surface area contributed by atoms with Crippen molar-refractivity contribution in [3.05, 3.63) is 60.7 Å². The van der Waals surface area contributed by atoms with Gasteiger partial charge in [0.05, 0.1) is 0 Å². The maximum atomic E-state index is 11.3. The molecule has 2 rings (SSSR count). The fraction of sp³-hybridized carbons (Fsp3) is 0.0714. The highest BCUT2D eigenvalue weighted by atomic mass is 35.5. The lowest BCUT2D eigenvalue weighted by Crippen LogP contribution is -2.30. The Morgan fingerprint density at radius 1 is 0.833 bits per heavy atom.